The molecule has 1 saturated heterocycles. The molecule has 1 aliphatic rings. The van der Waals surface area contributed by atoms with Gasteiger partial charge in [0, 0.05) is 6.20 Å². The van der Waals surface area contributed by atoms with E-state index in [0.717, 1.165) is 12.8 Å². The van der Waals surface area contributed by atoms with Crippen LogP contribution in [-0.2, 0) is 4.74 Å². The van der Waals surface area contributed by atoms with Crippen LogP contribution in [0.4, 0.5) is 0 Å². The average molecular weight is 210 g/mol. The lowest BCUT2D eigenvalue weighted by Gasteiger charge is -2.10. The minimum atomic E-state index is -0.223. The van der Waals surface area contributed by atoms with Gasteiger partial charge in [0.2, 0.25) is 0 Å². The van der Waals surface area contributed by atoms with Crippen molar-refractivity contribution in [3.05, 3.63) is 27.9 Å². The van der Waals surface area contributed by atoms with Crippen molar-refractivity contribution >= 4 is 0 Å². The maximum absolute atomic E-state index is 11.6. The van der Waals surface area contributed by atoms with Crippen molar-refractivity contribution in [1.82, 2.24) is 9.97 Å². The van der Waals surface area contributed by atoms with Gasteiger partial charge in [0.15, 0.2) is 0 Å². The van der Waals surface area contributed by atoms with Crippen molar-refractivity contribution in [2.75, 3.05) is 6.61 Å². The first kappa shape index (κ1) is 10.3. The van der Waals surface area contributed by atoms with E-state index in [4.69, 9.17) is 9.84 Å². The van der Waals surface area contributed by atoms with Crippen molar-refractivity contribution in [3.63, 3.8) is 0 Å². The molecule has 15 heavy (non-hydrogen) atoms. The number of aliphatic hydroxyl groups is 1. The second-order valence-corrected chi connectivity index (χ2v) is 3.76. The SMILES string of the molecule is Cc1ncc(C2CCC(CO)O2)c(=O)[nH]1. The highest BCUT2D eigenvalue weighted by atomic mass is 16.5. The van der Waals surface area contributed by atoms with Gasteiger partial charge in [-0.1, -0.05) is 0 Å². The fourth-order valence-electron chi connectivity index (χ4n) is 1.79. The fraction of sp³-hybridized carbons (Fsp3) is 0.600. The van der Waals surface area contributed by atoms with Crippen LogP contribution >= 0.6 is 0 Å². The molecule has 0 aliphatic carbocycles. The quantitative estimate of drug-likeness (QED) is 0.735. The third-order valence-electron chi connectivity index (χ3n) is 2.61. The summed E-state index contributed by atoms with van der Waals surface area (Å²) in [5.41, 5.74) is 0.405. The Bertz CT molecular complexity index is 402. The first-order chi connectivity index (χ1) is 7.20. The lowest BCUT2D eigenvalue weighted by molar-refractivity contribution is 0.0102. The maximum atomic E-state index is 11.6. The second kappa shape index (κ2) is 4.12. The van der Waals surface area contributed by atoms with Crippen LogP contribution in [0, 0.1) is 6.92 Å². The van der Waals surface area contributed by atoms with Gasteiger partial charge in [-0.3, -0.25) is 4.79 Å². The van der Waals surface area contributed by atoms with Gasteiger partial charge in [0.05, 0.1) is 24.4 Å². The number of aryl methyl sites for hydroxylation is 1. The molecule has 2 atom stereocenters. The van der Waals surface area contributed by atoms with Crippen LogP contribution in [0.25, 0.3) is 0 Å². The highest BCUT2D eigenvalue weighted by Crippen LogP contribution is 2.30. The first-order valence-electron chi connectivity index (χ1n) is 5.03. The zero-order valence-corrected chi connectivity index (χ0v) is 8.56. The zero-order chi connectivity index (χ0) is 10.8. The third kappa shape index (κ3) is 2.08. The average Bonchev–Trinajstić information content (AvgIpc) is 2.66. The molecule has 2 heterocycles. The Labute approximate surface area is 87.1 Å². The van der Waals surface area contributed by atoms with Crippen LogP contribution in [-0.4, -0.2) is 27.8 Å². The number of hydrogen-bond donors (Lipinski definition) is 2. The number of nitrogens with zero attached hydrogens (tertiary/aromatic N) is 1. The number of rotatable bonds is 2. The van der Waals surface area contributed by atoms with E-state index in [0.29, 0.717) is 11.4 Å². The summed E-state index contributed by atoms with van der Waals surface area (Å²) in [4.78, 5) is 18.3. The Morgan fingerprint density at radius 3 is 3.07 bits per heavy atom. The first-order valence-corrected chi connectivity index (χ1v) is 5.03. The molecule has 1 aliphatic heterocycles. The highest BCUT2D eigenvalue weighted by Gasteiger charge is 2.27. The van der Waals surface area contributed by atoms with E-state index < -0.39 is 0 Å². The van der Waals surface area contributed by atoms with Gasteiger partial charge in [-0.25, -0.2) is 4.98 Å². The summed E-state index contributed by atoms with van der Waals surface area (Å²) in [6.45, 7) is 1.74. The van der Waals surface area contributed by atoms with Crippen molar-refractivity contribution in [2.45, 2.75) is 32.0 Å². The summed E-state index contributed by atoms with van der Waals surface area (Å²) in [6.07, 6.45) is 2.74. The summed E-state index contributed by atoms with van der Waals surface area (Å²) in [5, 5.41) is 8.92. The Hall–Kier alpha value is -1.20. The molecule has 0 spiro atoms. The van der Waals surface area contributed by atoms with E-state index in [1.165, 1.54) is 0 Å². The summed E-state index contributed by atoms with van der Waals surface area (Å²) in [5.74, 6) is 0.598. The third-order valence-corrected chi connectivity index (χ3v) is 2.61. The molecular formula is C10H14N2O3. The van der Waals surface area contributed by atoms with E-state index in [9.17, 15) is 4.79 Å². The lowest BCUT2D eigenvalue weighted by Crippen LogP contribution is -2.19. The van der Waals surface area contributed by atoms with Crippen molar-refractivity contribution < 1.29 is 9.84 Å². The summed E-state index contributed by atoms with van der Waals surface area (Å²) in [7, 11) is 0. The van der Waals surface area contributed by atoms with Crippen LogP contribution in [0.1, 0.15) is 30.3 Å². The molecule has 82 valence electrons. The van der Waals surface area contributed by atoms with E-state index in [2.05, 4.69) is 9.97 Å². The molecule has 2 N–H and O–H groups in total. The molecule has 0 aromatic carbocycles. The topological polar surface area (TPSA) is 75.2 Å². The van der Waals surface area contributed by atoms with Gasteiger partial charge < -0.3 is 14.8 Å². The fourth-order valence-corrected chi connectivity index (χ4v) is 1.79. The number of ether oxygens (including phenoxy) is 1. The zero-order valence-electron chi connectivity index (χ0n) is 8.56. The van der Waals surface area contributed by atoms with Crippen LogP contribution in [0.5, 0.6) is 0 Å². The molecule has 2 unspecified atom stereocenters. The minimum absolute atomic E-state index is 0.00763. The number of aromatic amines is 1. The number of nitrogens with one attached hydrogen (secondary N) is 1. The maximum Gasteiger partial charge on any atom is 0.256 e. The van der Waals surface area contributed by atoms with Gasteiger partial charge in [0.1, 0.15) is 5.82 Å². The van der Waals surface area contributed by atoms with Crippen LogP contribution in [0.3, 0.4) is 0 Å². The summed E-state index contributed by atoms with van der Waals surface area (Å²) < 4.78 is 5.51. The smallest absolute Gasteiger partial charge is 0.256 e. The van der Waals surface area contributed by atoms with Crippen LogP contribution in [0.15, 0.2) is 11.0 Å². The summed E-state index contributed by atoms with van der Waals surface area (Å²) in [6, 6.07) is 0. The largest absolute Gasteiger partial charge is 0.394 e. The molecule has 0 amide bonds. The monoisotopic (exact) mass is 210 g/mol. The molecule has 1 fully saturated rings. The second-order valence-electron chi connectivity index (χ2n) is 3.76. The molecule has 5 heteroatoms. The van der Waals surface area contributed by atoms with Crippen molar-refractivity contribution in [1.29, 1.82) is 0 Å². The van der Waals surface area contributed by atoms with Gasteiger partial charge >= 0.3 is 0 Å². The van der Waals surface area contributed by atoms with Crippen LogP contribution < -0.4 is 5.56 Å². The number of H-pyrrole nitrogens is 1. The highest BCUT2D eigenvalue weighted by molar-refractivity contribution is 5.10. The molecule has 0 radical (unpaired) electrons. The molecule has 0 saturated carbocycles. The van der Waals surface area contributed by atoms with Gasteiger partial charge in [0.25, 0.3) is 5.56 Å². The molecular weight excluding hydrogens is 196 g/mol. The van der Waals surface area contributed by atoms with E-state index in [-0.39, 0.29) is 24.4 Å². The Balaban J connectivity index is 2.20. The van der Waals surface area contributed by atoms with Crippen molar-refractivity contribution in [3.8, 4) is 0 Å². The Kier molecular flexibility index (Phi) is 2.83. The Morgan fingerprint density at radius 1 is 1.67 bits per heavy atom. The molecule has 5 nitrogen and oxygen atoms in total. The lowest BCUT2D eigenvalue weighted by atomic mass is 10.1. The van der Waals surface area contributed by atoms with E-state index in [1.54, 1.807) is 13.1 Å². The molecule has 0 bridgehead atoms. The molecule has 2 rings (SSSR count). The standard InChI is InChI=1S/C10H14N2O3/c1-6-11-4-8(10(14)12-6)9-3-2-7(5-13)15-9/h4,7,9,13H,2-3,5H2,1H3,(H,11,12,14). The van der Waals surface area contributed by atoms with Gasteiger partial charge in [-0.05, 0) is 19.8 Å². The predicted molar refractivity (Wildman–Crippen MR) is 53.5 cm³/mol. The minimum Gasteiger partial charge on any atom is -0.394 e. The number of aliphatic hydroxyl groups excluding tert-OH is 1. The number of aromatic nitrogens is 2. The van der Waals surface area contributed by atoms with E-state index >= 15 is 0 Å². The normalized spacial score (nSPS) is 25.7. The summed E-state index contributed by atoms with van der Waals surface area (Å²) >= 11 is 0. The van der Waals surface area contributed by atoms with Gasteiger partial charge in [-0.15, -0.1) is 0 Å². The predicted octanol–water partition coefficient (Wildman–Crippen LogP) is 0.291. The van der Waals surface area contributed by atoms with Crippen molar-refractivity contribution in [2.24, 2.45) is 0 Å². The molecule has 1 aromatic rings. The van der Waals surface area contributed by atoms with Crippen LogP contribution in [0.2, 0.25) is 0 Å². The Morgan fingerprint density at radius 2 is 2.47 bits per heavy atom. The van der Waals surface area contributed by atoms with Gasteiger partial charge in [-0.2, -0.15) is 0 Å². The number of hydrogen-bond acceptors (Lipinski definition) is 4. The van der Waals surface area contributed by atoms with E-state index in [1.807, 2.05) is 0 Å². The molecule has 1 aromatic heterocycles.